The van der Waals surface area contributed by atoms with E-state index in [1.807, 2.05) is 0 Å². The molecule has 2 heterocycles. The molecule has 2 saturated heterocycles. The van der Waals surface area contributed by atoms with Crippen molar-refractivity contribution in [2.45, 2.75) is 50.4 Å². The van der Waals surface area contributed by atoms with Crippen molar-refractivity contribution in [3.8, 4) is 5.75 Å². The second-order valence-corrected chi connectivity index (χ2v) is 12.0. The van der Waals surface area contributed by atoms with E-state index in [0.717, 1.165) is 42.6 Å². The monoisotopic (exact) mass is 454 g/mol. The first kappa shape index (κ1) is 22.1. The highest BCUT2D eigenvalue weighted by Crippen LogP contribution is 2.63. The smallest absolute Gasteiger partial charge is 0.119 e. The summed E-state index contributed by atoms with van der Waals surface area (Å²) in [6.07, 6.45) is 10.1. The van der Waals surface area contributed by atoms with Crippen LogP contribution in [0.1, 0.15) is 50.5 Å². The molecule has 1 spiro atoms. The predicted octanol–water partition coefficient (Wildman–Crippen LogP) is 4.68. The molecule has 5 heteroatoms. The van der Waals surface area contributed by atoms with E-state index in [0.29, 0.717) is 22.7 Å². The van der Waals surface area contributed by atoms with Crippen LogP contribution >= 0.6 is 0 Å². The molecule has 0 radical (unpaired) electrons. The van der Waals surface area contributed by atoms with Gasteiger partial charge < -0.3 is 20.1 Å². The van der Waals surface area contributed by atoms with E-state index in [2.05, 4.69) is 29.2 Å². The zero-order valence-electron chi connectivity index (χ0n) is 19.8. The standard InChI is InChI=1S/C28H39FN2O2/c29-14-21(15-30)17-33-25-3-1-24(2-4-25)28-11-20-9-22(12-28)26(23(10-20)13-28)16-31-18-27(19-31)5-7-32-8-6-27/h1-4,14,20,22-23,26H,5-13,15-19,30H2/b21-14+. The molecule has 6 aliphatic rings. The van der Waals surface area contributed by atoms with E-state index in [4.69, 9.17) is 15.2 Å². The second-order valence-electron chi connectivity index (χ2n) is 12.0. The molecule has 33 heavy (non-hydrogen) atoms. The molecule has 4 bridgehead atoms. The van der Waals surface area contributed by atoms with Crippen LogP contribution in [0.25, 0.3) is 0 Å². The third-order valence-corrected chi connectivity index (χ3v) is 9.92. The Labute approximate surface area is 197 Å². The molecule has 0 amide bonds. The zero-order chi connectivity index (χ0) is 22.5. The number of hydrogen-bond donors (Lipinski definition) is 1. The van der Waals surface area contributed by atoms with Crippen LogP contribution in [0, 0.1) is 29.1 Å². The zero-order valence-corrected chi connectivity index (χ0v) is 19.8. The molecule has 1 aromatic carbocycles. The lowest BCUT2D eigenvalue weighted by Gasteiger charge is -2.62. The molecule has 0 aromatic heterocycles. The molecule has 2 aliphatic heterocycles. The first-order chi connectivity index (χ1) is 16.1. The fourth-order valence-electron chi connectivity index (χ4n) is 8.45. The van der Waals surface area contributed by atoms with Gasteiger partial charge in [-0.2, -0.15) is 0 Å². The molecule has 4 aliphatic carbocycles. The summed E-state index contributed by atoms with van der Waals surface area (Å²) in [6.45, 7) is 6.30. The maximum Gasteiger partial charge on any atom is 0.119 e. The van der Waals surface area contributed by atoms with Crippen molar-refractivity contribution in [3.05, 3.63) is 41.7 Å². The van der Waals surface area contributed by atoms with E-state index < -0.39 is 0 Å². The lowest BCUT2D eigenvalue weighted by molar-refractivity contribution is -0.116. The Morgan fingerprint density at radius 1 is 1.09 bits per heavy atom. The number of halogens is 1. The van der Waals surface area contributed by atoms with E-state index in [9.17, 15) is 4.39 Å². The quantitative estimate of drug-likeness (QED) is 0.650. The van der Waals surface area contributed by atoms with Gasteiger partial charge in [-0.15, -0.1) is 0 Å². The van der Waals surface area contributed by atoms with Crippen LogP contribution in [0.3, 0.4) is 0 Å². The van der Waals surface area contributed by atoms with Crippen LogP contribution in [0.2, 0.25) is 0 Å². The summed E-state index contributed by atoms with van der Waals surface area (Å²) in [4.78, 5) is 2.78. The van der Waals surface area contributed by atoms with Crippen molar-refractivity contribution < 1.29 is 13.9 Å². The largest absolute Gasteiger partial charge is 0.489 e. The van der Waals surface area contributed by atoms with Gasteiger partial charge in [0.15, 0.2) is 0 Å². The van der Waals surface area contributed by atoms with Crippen molar-refractivity contribution in [3.63, 3.8) is 0 Å². The first-order valence-electron chi connectivity index (χ1n) is 13.1. The van der Waals surface area contributed by atoms with E-state index in [-0.39, 0.29) is 13.2 Å². The molecule has 6 fully saturated rings. The minimum absolute atomic E-state index is 0.190. The van der Waals surface area contributed by atoms with Gasteiger partial charge in [0, 0.05) is 50.4 Å². The van der Waals surface area contributed by atoms with Crippen LogP contribution in [0.5, 0.6) is 5.75 Å². The Kier molecular flexibility index (Phi) is 5.79. The number of likely N-dealkylation sites (tertiary alicyclic amines) is 1. The van der Waals surface area contributed by atoms with Crippen molar-refractivity contribution in [2.75, 3.05) is 46.0 Å². The van der Waals surface area contributed by atoms with Crippen LogP contribution in [0.15, 0.2) is 36.2 Å². The third kappa shape index (κ3) is 4.04. The average molecular weight is 455 g/mol. The van der Waals surface area contributed by atoms with Gasteiger partial charge in [-0.25, -0.2) is 4.39 Å². The highest BCUT2D eigenvalue weighted by Gasteiger charge is 2.56. The molecule has 2 N–H and O–H groups in total. The number of rotatable bonds is 7. The summed E-state index contributed by atoms with van der Waals surface area (Å²) in [6, 6.07) is 8.71. The number of benzene rings is 1. The maximum atomic E-state index is 12.7. The van der Waals surface area contributed by atoms with E-state index in [1.54, 1.807) is 0 Å². The Hall–Kier alpha value is -1.43. The predicted molar refractivity (Wildman–Crippen MR) is 128 cm³/mol. The minimum Gasteiger partial charge on any atom is -0.489 e. The first-order valence-corrected chi connectivity index (χ1v) is 13.1. The van der Waals surface area contributed by atoms with Crippen LogP contribution in [-0.2, 0) is 10.2 Å². The summed E-state index contributed by atoms with van der Waals surface area (Å²) in [5.74, 6) is 4.39. The van der Waals surface area contributed by atoms with E-state index >= 15 is 0 Å². The van der Waals surface area contributed by atoms with Crippen LogP contribution in [0.4, 0.5) is 4.39 Å². The number of nitrogens with two attached hydrogens (primary N) is 1. The normalized spacial score (nSPS) is 37.3. The van der Waals surface area contributed by atoms with Crippen molar-refractivity contribution in [1.82, 2.24) is 4.90 Å². The molecule has 1 aromatic rings. The molecule has 2 atom stereocenters. The van der Waals surface area contributed by atoms with Gasteiger partial charge in [-0.3, -0.25) is 0 Å². The fraction of sp³-hybridized carbons (Fsp3) is 0.714. The van der Waals surface area contributed by atoms with Gasteiger partial charge in [0.25, 0.3) is 0 Å². The number of nitrogens with zero attached hydrogens (tertiary/aromatic N) is 1. The van der Waals surface area contributed by atoms with Crippen molar-refractivity contribution in [2.24, 2.45) is 34.8 Å². The van der Waals surface area contributed by atoms with Gasteiger partial charge in [-0.1, -0.05) is 12.1 Å². The molecular weight excluding hydrogens is 415 g/mol. The second kappa shape index (κ2) is 8.66. The van der Waals surface area contributed by atoms with Gasteiger partial charge in [0.1, 0.15) is 12.4 Å². The molecule has 7 rings (SSSR count). The SMILES string of the molecule is NC/C(=C\F)COc1ccc(C23CC4CC(C2)C(CN2CC5(CCOCC5)C2)C(C4)C3)cc1. The van der Waals surface area contributed by atoms with Gasteiger partial charge in [0.05, 0.1) is 6.33 Å². The number of ether oxygens (including phenoxy) is 2. The highest BCUT2D eigenvalue weighted by molar-refractivity contribution is 5.35. The van der Waals surface area contributed by atoms with Crippen LogP contribution < -0.4 is 10.5 Å². The summed E-state index contributed by atoms with van der Waals surface area (Å²) in [5, 5.41) is 0. The molecule has 2 unspecified atom stereocenters. The molecule has 180 valence electrons. The maximum absolute atomic E-state index is 12.7. The van der Waals surface area contributed by atoms with Gasteiger partial charge >= 0.3 is 0 Å². The molecule has 4 saturated carbocycles. The Morgan fingerprint density at radius 2 is 1.79 bits per heavy atom. The summed E-state index contributed by atoms with van der Waals surface area (Å²) >= 11 is 0. The van der Waals surface area contributed by atoms with E-state index in [1.165, 1.54) is 70.1 Å². The highest BCUT2D eigenvalue weighted by atomic mass is 19.1. The van der Waals surface area contributed by atoms with Gasteiger partial charge in [0.2, 0.25) is 0 Å². The average Bonchev–Trinajstić information content (AvgIpc) is 2.81. The molecular formula is C28H39FN2O2. The lowest BCUT2D eigenvalue weighted by atomic mass is 9.44. The number of hydrogen-bond acceptors (Lipinski definition) is 4. The van der Waals surface area contributed by atoms with Crippen LogP contribution in [-0.4, -0.2) is 50.9 Å². The topological polar surface area (TPSA) is 47.7 Å². The Balaban J connectivity index is 1.10. The molecule has 4 nitrogen and oxygen atoms in total. The summed E-state index contributed by atoms with van der Waals surface area (Å²) in [5.41, 5.74) is 8.46. The third-order valence-electron chi connectivity index (χ3n) is 9.92. The van der Waals surface area contributed by atoms with Crippen molar-refractivity contribution in [1.29, 1.82) is 0 Å². The lowest BCUT2D eigenvalue weighted by Crippen LogP contribution is -2.62. The Morgan fingerprint density at radius 3 is 2.42 bits per heavy atom. The summed E-state index contributed by atoms with van der Waals surface area (Å²) in [7, 11) is 0. The summed E-state index contributed by atoms with van der Waals surface area (Å²) < 4.78 is 24.1. The van der Waals surface area contributed by atoms with Crippen molar-refractivity contribution >= 4 is 0 Å². The Bertz CT molecular complexity index is 854. The van der Waals surface area contributed by atoms with Gasteiger partial charge in [-0.05, 0) is 91.7 Å². The fourth-order valence-corrected chi connectivity index (χ4v) is 8.45. The minimum atomic E-state index is 0.190.